The molecule has 0 aromatic heterocycles. The van der Waals surface area contributed by atoms with E-state index in [0.717, 1.165) is 37.1 Å². The Morgan fingerprint density at radius 1 is 1.23 bits per heavy atom. The second-order valence-electron chi connectivity index (χ2n) is 6.64. The summed E-state index contributed by atoms with van der Waals surface area (Å²) in [4.78, 5) is 14.8. The number of nitrogens with two attached hydrogens (primary N) is 1. The average molecular weight is 325 g/mol. The number of anilines is 1. The van der Waals surface area contributed by atoms with Crippen LogP contribution in [0.3, 0.4) is 0 Å². The van der Waals surface area contributed by atoms with Crippen LogP contribution in [0.25, 0.3) is 0 Å². The minimum Gasteiger partial charge on any atom is -0.399 e. The van der Waals surface area contributed by atoms with Crippen molar-refractivity contribution in [3.05, 3.63) is 29.8 Å². The first-order valence-corrected chi connectivity index (χ1v) is 8.20. The lowest BCUT2D eigenvalue weighted by molar-refractivity contribution is -0.133. The molecule has 0 bridgehead atoms. The molecular weight excluding hydrogens is 296 g/mol. The number of benzene rings is 1. The Morgan fingerprint density at radius 2 is 1.91 bits per heavy atom. The molecule has 1 aliphatic heterocycles. The Balaban J connectivity index is 0.00000242. The van der Waals surface area contributed by atoms with Crippen molar-refractivity contribution in [1.82, 2.24) is 4.90 Å². The number of amides is 1. The number of hydrogen-bond donors (Lipinski definition) is 1. The fourth-order valence-electron chi connectivity index (χ4n) is 3.21. The molecule has 0 saturated carbocycles. The molecule has 0 radical (unpaired) electrons. The van der Waals surface area contributed by atoms with E-state index < -0.39 is 0 Å². The summed E-state index contributed by atoms with van der Waals surface area (Å²) in [6, 6.07) is 8.09. The number of carbonyl (C=O) groups excluding carboxylic acids is 1. The molecule has 2 N–H and O–H groups in total. The van der Waals surface area contributed by atoms with Crippen molar-refractivity contribution in [3.63, 3.8) is 0 Å². The highest BCUT2D eigenvalue weighted by Crippen LogP contribution is 2.23. The van der Waals surface area contributed by atoms with Crippen LogP contribution in [0.1, 0.15) is 51.5 Å². The second kappa shape index (κ2) is 9.04. The maximum absolute atomic E-state index is 12.7. The zero-order chi connectivity index (χ0) is 15.2. The summed E-state index contributed by atoms with van der Waals surface area (Å²) in [6.45, 7) is 5.41. The summed E-state index contributed by atoms with van der Waals surface area (Å²) >= 11 is 0. The number of nitrogen functional groups attached to an aromatic ring is 1. The monoisotopic (exact) mass is 324 g/mol. The van der Waals surface area contributed by atoms with Crippen LogP contribution in [0.15, 0.2) is 24.3 Å². The lowest BCUT2D eigenvalue weighted by Crippen LogP contribution is -2.41. The van der Waals surface area contributed by atoms with Crippen LogP contribution in [-0.4, -0.2) is 23.4 Å². The first-order chi connectivity index (χ1) is 10.1. The van der Waals surface area contributed by atoms with Crippen molar-refractivity contribution in [3.8, 4) is 0 Å². The van der Waals surface area contributed by atoms with Gasteiger partial charge in [-0.25, -0.2) is 0 Å². The highest BCUT2D eigenvalue weighted by Gasteiger charge is 2.25. The Morgan fingerprint density at radius 3 is 2.55 bits per heavy atom. The standard InChI is InChI=1S/C18H28N2O.ClH/c1-14(2)12-17-6-4-3-5-11-20(17)18(21)13-15-7-9-16(19)10-8-15;/h7-10,14,17H,3-6,11-13,19H2,1-2H3;1H. The first kappa shape index (κ1) is 18.8. The van der Waals surface area contributed by atoms with Gasteiger partial charge in [0.25, 0.3) is 0 Å². The number of carbonyl (C=O) groups is 1. The van der Waals surface area contributed by atoms with Gasteiger partial charge < -0.3 is 10.6 Å². The van der Waals surface area contributed by atoms with E-state index in [-0.39, 0.29) is 18.3 Å². The van der Waals surface area contributed by atoms with Crippen molar-refractivity contribution in [2.24, 2.45) is 5.92 Å². The highest BCUT2D eigenvalue weighted by molar-refractivity contribution is 5.85. The van der Waals surface area contributed by atoms with Gasteiger partial charge in [-0.3, -0.25) is 4.79 Å². The van der Waals surface area contributed by atoms with Gasteiger partial charge in [-0.2, -0.15) is 0 Å². The van der Waals surface area contributed by atoms with E-state index in [9.17, 15) is 4.79 Å². The Bertz CT molecular complexity index is 459. The molecule has 3 nitrogen and oxygen atoms in total. The fourth-order valence-corrected chi connectivity index (χ4v) is 3.21. The topological polar surface area (TPSA) is 46.3 Å². The second-order valence-corrected chi connectivity index (χ2v) is 6.64. The first-order valence-electron chi connectivity index (χ1n) is 8.20. The molecule has 0 aliphatic carbocycles. The van der Waals surface area contributed by atoms with Crippen LogP contribution >= 0.6 is 12.4 Å². The molecule has 1 amide bonds. The fraction of sp³-hybridized carbons (Fsp3) is 0.611. The Kier molecular flexibility index (Phi) is 7.74. The van der Waals surface area contributed by atoms with Crippen LogP contribution < -0.4 is 5.73 Å². The summed E-state index contributed by atoms with van der Waals surface area (Å²) in [5.74, 6) is 0.909. The SMILES string of the molecule is CC(C)CC1CCCCCN1C(=O)Cc1ccc(N)cc1.Cl. The number of likely N-dealkylation sites (tertiary alicyclic amines) is 1. The molecule has 22 heavy (non-hydrogen) atoms. The third-order valence-electron chi connectivity index (χ3n) is 4.28. The smallest absolute Gasteiger partial charge is 0.227 e. The molecule has 1 unspecified atom stereocenters. The number of nitrogens with zero attached hydrogens (tertiary/aromatic N) is 1. The molecule has 1 fully saturated rings. The third kappa shape index (κ3) is 5.53. The van der Waals surface area contributed by atoms with E-state index >= 15 is 0 Å². The van der Waals surface area contributed by atoms with Crippen molar-refractivity contribution < 1.29 is 4.79 Å². The number of hydrogen-bond acceptors (Lipinski definition) is 2. The van der Waals surface area contributed by atoms with Gasteiger partial charge in [-0.15, -0.1) is 12.4 Å². The maximum Gasteiger partial charge on any atom is 0.227 e. The van der Waals surface area contributed by atoms with Crippen molar-refractivity contribution in [2.75, 3.05) is 12.3 Å². The Labute approximate surface area is 140 Å². The van der Waals surface area contributed by atoms with Gasteiger partial charge in [0.05, 0.1) is 6.42 Å². The minimum absolute atomic E-state index is 0. The molecule has 1 aromatic rings. The predicted octanol–water partition coefficient (Wildman–Crippen LogP) is 4.05. The molecule has 2 rings (SSSR count). The molecule has 1 aromatic carbocycles. The molecule has 1 aliphatic rings. The molecule has 124 valence electrons. The van der Waals surface area contributed by atoms with Crippen LogP contribution in [-0.2, 0) is 11.2 Å². The molecule has 0 spiro atoms. The van der Waals surface area contributed by atoms with Gasteiger partial charge in [-0.1, -0.05) is 38.8 Å². The lowest BCUT2D eigenvalue weighted by Gasteiger charge is -2.31. The third-order valence-corrected chi connectivity index (χ3v) is 4.28. The average Bonchev–Trinajstić information content (AvgIpc) is 2.66. The van der Waals surface area contributed by atoms with E-state index in [1.165, 1.54) is 12.8 Å². The minimum atomic E-state index is 0. The number of rotatable bonds is 4. The van der Waals surface area contributed by atoms with E-state index in [1.54, 1.807) is 0 Å². The molecule has 1 atom stereocenters. The molecular formula is C18H29ClN2O. The van der Waals surface area contributed by atoms with Gasteiger partial charge in [0.15, 0.2) is 0 Å². The van der Waals surface area contributed by atoms with Crippen molar-refractivity contribution in [2.45, 2.75) is 58.4 Å². The summed E-state index contributed by atoms with van der Waals surface area (Å²) in [5.41, 5.74) is 7.51. The van der Waals surface area contributed by atoms with Crippen LogP contribution in [0.4, 0.5) is 5.69 Å². The zero-order valence-electron chi connectivity index (χ0n) is 13.8. The van der Waals surface area contributed by atoms with Gasteiger partial charge in [-0.05, 0) is 42.9 Å². The van der Waals surface area contributed by atoms with Crippen molar-refractivity contribution in [1.29, 1.82) is 0 Å². The van der Waals surface area contributed by atoms with Gasteiger partial charge in [0, 0.05) is 18.3 Å². The maximum atomic E-state index is 12.7. The van der Waals surface area contributed by atoms with Crippen LogP contribution in [0, 0.1) is 5.92 Å². The summed E-state index contributed by atoms with van der Waals surface area (Å²) < 4.78 is 0. The molecule has 1 saturated heterocycles. The Hall–Kier alpha value is -1.22. The van der Waals surface area contributed by atoms with Crippen LogP contribution in [0.5, 0.6) is 0 Å². The normalized spacial score (nSPS) is 18.7. The molecule has 4 heteroatoms. The van der Waals surface area contributed by atoms with E-state index in [2.05, 4.69) is 18.7 Å². The zero-order valence-corrected chi connectivity index (χ0v) is 14.6. The quantitative estimate of drug-likeness (QED) is 0.849. The predicted molar refractivity (Wildman–Crippen MR) is 95.2 cm³/mol. The highest BCUT2D eigenvalue weighted by atomic mass is 35.5. The van der Waals surface area contributed by atoms with Gasteiger partial charge in [0.1, 0.15) is 0 Å². The van der Waals surface area contributed by atoms with E-state index in [4.69, 9.17) is 5.73 Å². The number of halogens is 1. The summed E-state index contributed by atoms with van der Waals surface area (Å²) in [6.07, 6.45) is 6.42. The largest absolute Gasteiger partial charge is 0.399 e. The van der Waals surface area contributed by atoms with E-state index in [1.807, 2.05) is 24.3 Å². The van der Waals surface area contributed by atoms with Crippen molar-refractivity contribution >= 4 is 24.0 Å². The summed E-state index contributed by atoms with van der Waals surface area (Å²) in [7, 11) is 0. The lowest BCUT2D eigenvalue weighted by atomic mass is 9.98. The molecule has 1 heterocycles. The van der Waals surface area contributed by atoms with E-state index in [0.29, 0.717) is 18.4 Å². The van der Waals surface area contributed by atoms with Gasteiger partial charge in [0.2, 0.25) is 5.91 Å². The van der Waals surface area contributed by atoms with Crippen LogP contribution in [0.2, 0.25) is 0 Å². The van der Waals surface area contributed by atoms with Gasteiger partial charge >= 0.3 is 0 Å². The summed E-state index contributed by atoms with van der Waals surface area (Å²) in [5, 5.41) is 0.